The van der Waals surface area contributed by atoms with Crippen LogP contribution in [0.5, 0.6) is 5.75 Å². The molecule has 3 aromatic carbocycles. The molecule has 0 fully saturated rings. The zero-order valence-electron chi connectivity index (χ0n) is 23.9. The lowest BCUT2D eigenvalue weighted by atomic mass is 10.0. The second-order valence-corrected chi connectivity index (χ2v) is 10.7. The van der Waals surface area contributed by atoms with Gasteiger partial charge in [-0.3, -0.25) is 4.57 Å². The number of alkyl halides is 4. The zero-order valence-corrected chi connectivity index (χ0v) is 24.7. The maximum Gasteiger partial charge on any atom is 0.573 e. The van der Waals surface area contributed by atoms with Crippen LogP contribution in [0.4, 0.5) is 22.4 Å². The minimum Gasteiger partial charge on any atom is -0.406 e. The third-order valence-corrected chi connectivity index (χ3v) is 7.74. The van der Waals surface area contributed by atoms with Gasteiger partial charge in [-0.15, -0.1) is 29.6 Å². The van der Waals surface area contributed by atoms with Crippen LogP contribution in [-0.2, 0) is 6.42 Å². The smallest absolute Gasteiger partial charge is 0.406 e. The molecule has 1 N–H and O–H groups in total. The minimum atomic E-state index is -4.78. The first kappa shape index (κ1) is 30.7. The highest BCUT2D eigenvalue weighted by Crippen LogP contribution is 2.26. The maximum absolute atomic E-state index is 15.4. The number of hydrogen-bond donors (Lipinski definition) is 1. The third kappa shape index (κ3) is 7.05. The lowest BCUT2D eigenvalue weighted by Gasteiger charge is -2.17. The van der Waals surface area contributed by atoms with Crippen molar-refractivity contribution in [3.8, 4) is 28.5 Å². The summed E-state index contributed by atoms with van der Waals surface area (Å²) < 4.78 is 59.8. The van der Waals surface area contributed by atoms with Gasteiger partial charge in [-0.25, -0.2) is 18.9 Å². The van der Waals surface area contributed by atoms with Crippen molar-refractivity contribution in [2.75, 3.05) is 0 Å². The Morgan fingerprint density at radius 1 is 1.07 bits per heavy atom. The van der Waals surface area contributed by atoms with Crippen molar-refractivity contribution in [2.45, 2.75) is 45.8 Å². The molecule has 2 aromatic heterocycles. The molecule has 2 amide bonds. The summed E-state index contributed by atoms with van der Waals surface area (Å²) in [5.74, 6) is -0.00744. The summed E-state index contributed by atoms with van der Waals surface area (Å²) in [6, 6.07) is 18.1. The summed E-state index contributed by atoms with van der Waals surface area (Å²) in [5.41, 5.74) is 4.43. The molecule has 2 heterocycles. The van der Waals surface area contributed by atoms with Crippen molar-refractivity contribution in [2.24, 2.45) is 4.99 Å². The first-order valence-electron chi connectivity index (χ1n) is 13.7. The number of benzene rings is 3. The molecule has 5 aromatic rings. The van der Waals surface area contributed by atoms with E-state index in [1.165, 1.54) is 46.6 Å². The first-order chi connectivity index (χ1) is 21.0. The third-order valence-electron chi connectivity index (χ3n) is 6.79. The van der Waals surface area contributed by atoms with Gasteiger partial charge in [0.05, 0.1) is 17.4 Å². The molecule has 0 saturated carbocycles. The molecule has 0 bridgehead atoms. The van der Waals surface area contributed by atoms with Crippen LogP contribution in [-0.4, -0.2) is 37.8 Å². The summed E-state index contributed by atoms with van der Waals surface area (Å²) >= 11 is 1.33. The summed E-state index contributed by atoms with van der Waals surface area (Å²) in [4.78, 5) is 21.8. The molecule has 0 aliphatic heterocycles. The average Bonchev–Trinajstić information content (AvgIpc) is 3.63. The van der Waals surface area contributed by atoms with E-state index in [9.17, 15) is 18.0 Å². The Hall–Kier alpha value is -4.78. The average molecular weight is 625 g/mol. The standard InChI is InChI=1S/C31H28F4N6O2S/c1-4-21-7-5-6-8-26(21)41-19(2)17-44-30(41)38-29(42)37-20(3)27(32)22-9-11-23(12-10-22)28-36-18-40(39-28)24-13-15-25(16-14-24)43-31(33,34)35/h5-18,20,27H,4H2,1-3H3,(H,37,42). The van der Waals surface area contributed by atoms with Gasteiger partial charge in [0.25, 0.3) is 0 Å². The number of nitrogens with zero attached hydrogens (tertiary/aromatic N) is 5. The Morgan fingerprint density at radius 2 is 1.77 bits per heavy atom. The number of amides is 2. The van der Waals surface area contributed by atoms with Gasteiger partial charge in [-0.1, -0.05) is 49.4 Å². The van der Waals surface area contributed by atoms with Crippen LogP contribution in [0.1, 0.15) is 36.8 Å². The number of carbonyl (C=O) groups is 1. The van der Waals surface area contributed by atoms with Crippen molar-refractivity contribution in [3.63, 3.8) is 0 Å². The van der Waals surface area contributed by atoms with Gasteiger partial charge in [0.15, 0.2) is 10.6 Å². The van der Waals surface area contributed by atoms with Crippen LogP contribution in [0.15, 0.2) is 89.5 Å². The predicted molar refractivity (Wildman–Crippen MR) is 159 cm³/mol. The molecule has 5 rings (SSSR count). The van der Waals surface area contributed by atoms with Gasteiger partial charge in [0, 0.05) is 16.6 Å². The zero-order chi connectivity index (χ0) is 31.4. The van der Waals surface area contributed by atoms with Crippen LogP contribution in [0.2, 0.25) is 0 Å². The van der Waals surface area contributed by atoms with Crippen LogP contribution < -0.4 is 14.9 Å². The van der Waals surface area contributed by atoms with Crippen molar-refractivity contribution in [1.29, 1.82) is 0 Å². The second-order valence-electron chi connectivity index (χ2n) is 9.91. The number of thiazole rings is 1. The highest BCUT2D eigenvalue weighted by molar-refractivity contribution is 7.07. The Kier molecular flexibility index (Phi) is 8.95. The van der Waals surface area contributed by atoms with E-state index in [1.807, 2.05) is 41.1 Å². The van der Waals surface area contributed by atoms with E-state index in [1.54, 1.807) is 31.2 Å². The fraction of sp³-hybridized carbons (Fsp3) is 0.226. The summed E-state index contributed by atoms with van der Waals surface area (Å²) in [7, 11) is 0. The molecule has 8 nitrogen and oxygen atoms in total. The molecule has 228 valence electrons. The fourth-order valence-electron chi connectivity index (χ4n) is 4.60. The number of nitrogens with one attached hydrogen (secondary N) is 1. The normalized spacial score (nSPS) is 13.5. The number of carbonyl (C=O) groups excluding carboxylic acids is 1. The number of aryl methyl sites for hydroxylation is 2. The largest absolute Gasteiger partial charge is 0.573 e. The number of para-hydroxylation sites is 1. The van der Waals surface area contributed by atoms with Gasteiger partial charge in [-0.2, -0.15) is 4.99 Å². The SMILES string of the molecule is CCc1ccccc1-n1c(C)csc1=NC(=O)NC(C)C(F)c1ccc(-c2ncn(-c3ccc(OC(F)(F)F)cc3)n2)cc1. The quantitative estimate of drug-likeness (QED) is 0.184. The molecule has 0 spiro atoms. The van der Waals surface area contributed by atoms with Crippen LogP contribution >= 0.6 is 11.3 Å². The maximum atomic E-state index is 15.4. The number of urea groups is 1. The molecule has 0 aliphatic rings. The molecule has 0 saturated heterocycles. The monoisotopic (exact) mass is 624 g/mol. The van der Waals surface area contributed by atoms with E-state index >= 15 is 4.39 Å². The van der Waals surface area contributed by atoms with Crippen molar-refractivity contribution in [1.82, 2.24) is 24.6 Å². The predicted octanol–water partition coefficient (Wildman–Crippen LogP) is 7.27. The van der Waals surface area contributed by atoms with Crippen LogP contribution in [0.3, 0.4) is 0 Å². The van der Waals surface area contributed by atoms with Crippen LogP contribution in [0, 0.1) is 6.92 Å². The van der Waals surface area contributed by atoms with Gasteiger partial charge >= 0.3 is 12.4 Å². The van der Waals surface area contributed by atoms with Crippen molar-refractivity contribution < 1.29 is 27.1 Å². The summed E-state index contributed by atoms with van der Waals surface area (Å²) in [6.07, 6.45) is -4.05. The van der Waals surface area contributed by atoms with Crippen molar-refractivity contribution >= 4 is 17.4 Å². The number of ether oxygens (including phenoxy) is 1. The lowest BCUT2D eigenvalue weighted by Crippen LogP contribution is -2.35. The first-order valence-corrected chi connectivity index (χ1v) is 14.5. The van der Waals surface area contributed by atoms with E-state index in [2.05, 4.69) is 32.1 Å². The number of aromatic nitrogens is 4. The van der Waals surface area contributed by atoms with E-state index < -0.39 is 24.6 Å². The molecular formula is C31H28F4N6O2S. The van der Waals surface area contributed by atoms with E-state index in [0.717, 1.165) is 23.4 Å². The topological polar surface area (TPSA) is 86.3 Å². The van der Waals surface area contributed by atoms with Crippen LogP contribution in [0.25, 0.3) is 22.8 Å². The number of hydrogen-bond acceptors (Lipinski definition) is 5. The Balaban J connectivity index is 1.25. The molecule has 0 aliphatic carbocycles. The lowest BCUT2D eigenvalue weighted by molar-refractivity contribution is -0.274. The number of rotatable bonds is 8. The highest BCUT2D eigenvalue weighted by atomic mass is 32.1. The molecule has 0 radical (unpaired) electrons. The molecule has 44 heavy (non-hydrogen) atoms. The number of halogens is 4. The van der Waals surface area contributed by atoms with Gasteiger partial charge < -0.3 is 10.1 Å². The van der Waals surface area contributed by atoms with E-state index in [0.29, 0.717) is 27.4 Å². The molecule has 2 atom stereocenters. The Labute approximate surface area is 254 Å². The van der Waals surface area contributed by atoms with E-state index in [4.69, 9.17) is 0 Å². The highest BCUT2D eigenvalue weighted by Gasteiger charge is 2.31. The second kappa shape index (κ2) is 12.8. The Morgan fingerprint density at radius 3 is 2.45 bits per heavy atom. The molecule has 2 unspecified atom stereocenters. The van der Waals surface area contributed by atoms with E-state index in [-0.39, 0.29) is 5.75 Å². The fourth-order valence-corrected chi connectivity index (χ4v) is 5.47. The summed E-state index contributed by atoms with van der Waals surface area (Å²) in [6.45, 7) is 5.57. The molecular weight excluding hydrogens is 596 g/mol. The Bertz CT molecular complexity index is 1810. The summed E-state index contributed by atoms with van der Waals surface area (Å²) in [5, 5.41) is 8.92. The van der Waals surface area contributed by atoms with Gasteiger partial charge in [0.2, 0.25) is 0 Å². The molecule has 13 heteroatoms. The van der Waals surface area contributed by atoms with Gasteiger partial charge in [-0.05, 0) is 61.7 Å². The minimum absolute atomic E-state index is 0.340. The van der Waals surface area contributed by atoms with Crippen molar-refractivity contribution in [3.05, 3.63) is 106 Å². The van der Waals surface area contributed by atoms with Gasteiger partial charge in [0.1, 0.15) is 18.2 Å².